The number of rotatable bonds is 7. The normalized spacial score (nSPS) is 12.4. The molecule has 0 saturated carbocycles. The minimum Gasteiger partial charge on any atom is -0.451 e. The van der Waals surface area contributed by atoms with Crippen LogP contribution in [-0.2, 0) is 17.9 Å². The molecule has 1 amide bonds. The number of furan rings is 1. The molecule has 126 valence electrons. The highest BCUT2D eigenvalue weighted by Crippen LogP contribution is 2.26. The van der Waals surface area contributed by atoms with Gasteiger partial charge in [0, 0.05) is 43.5 Å². The number of amides is 1. The molecule has 0 saturated heterocycles. The van der Waals surface area contributed by atoms with Crippen molar-refractivity contribution in [2.24, 2.45) is 5.92 Å². The molecule has 3 aromatic rings. The number of hydrogen-bond acceptors (Lipinski definition) is 4. The maximum absolute atomic E-state index is 12.5. The lowest BCUT2D eigenvalue weighted by Crippen LogP contribution is -2.30. The molecule has 0 spiro atoms. The lowest BCUT2D eigenvalue weighted by Gasteiger charge is -2.12. The van der Waals surface area contributed by atoms with Crippen LogP contribution in [0.2, 0.25) is 0 Å². The minimum atomic E-state index is -0.217. The third-order valence-corrected chi connectivity index (χ3v) is 3.86. The first-order chi connectivity index (χ1) is 11.7. The Hall–Kier alpha value is -2.60. The van der Waals surface area contributed by atoms with Crippen LogP contribution in [0.4, 0.5) is 0 Å². The van der Waals surface area contributed by atoms with Crippen LogP contribution >= 0.6 is 0 Å². The number of aromatic nitrogens is 2. The molecule has 6 nitrogen and oxygen atoms in total. The Labute approximate surface area is 140 Å². The van der Waals surface area contributed by atoms with E-state index in [1.54, 1.807) is 13.3 Å². The molecule has 1 unspecified atom stereocenters. The van der Waals surface area contributed by atoms with Gasteiger partial charge < -0.3 is 14.5 Å². The first kappa shape index (κ1) is 16.3. The molecular formula is C18H21N3O3. The standard InChI is InChI=1S/C18H21N3O3/c1-13(11-21-9-5-8-20-21)10-19-18(22)17-15(12-23-2)14-6-3-4-7-16(14)24-17/h3-9,13H,10-12H2,1-2H3,(H,19,22). The molecule has 1 aromatic carbocycles. The molecule has 0 radical (unpaired) electrons. The number of fused-ring (bicyclic) bond motifs is 1. The lowest BCUT2D eigenvalue weighted by atomic mass is 10.1. The third-order valence-electron chi connectivity index (χ3n) is 3.86. The minimum absolute atomic E-state index is 0.217. The maximum Gasteiger partial charge on any atom is 0.287 e. The Morgan fingerprint density at radius 2 is 2.21 bits per heavy atom. The van der Waals surface area contributed by atoms with Gasteiger partial charge in [-0.1, -0.05) is 25.1 Å². The van der Waals surface area contributed by atoms with Gasteiger partial charge >= 0.3 is 0 Å². The monoisotopic (exact) mass is 327 g/mol. The number of carbonyl (C=O) groups is 1. The predicted octanol–water partition coefficient (Wildman–Crippen LogP) is 2.84. The van der Waals surface area contributed by atoms with Crippen LogP contribution < -0.4 is 5.32 Å². The molecule has 0 bridgehead atoms. The molecule has 2 aromatic heterocycles. The average molecular weight is 327 g/mol. The summed E-state index contributed by atoms with van der Waals surface area (Å²) in [6.07, 6.45) is 3.66. The third kappa shape index (κ3) is 3.49. The molecule has 0 fully saturated rings. The molecule has 6 heteroatoms. The fourth-order valence-electron chi connectivity index (χ4n) is 2.71. The Morgan fingerprint density at radius 3 is 2.96 bits per heavy atom. The van der Waals surface area contributed by atoms with E-state index in [9.17, 15) is 4.79 Å². The van der Waals surface area contributed by atoms with E-state index in [4.69, 9.17) is 9.15 Å². The number of para-hydroxylation sites is 1. The number of benzene rings is 1. The second kappa shape index (κ2) is 7.31. The van der Waals surface area contributed by atoms with Crippen LogP contribution in [0.25, 0.3) is 11.0 Å². The van der Waals surface area contributed by atoms with E-state index < -0.39 is 0 Å². The van der Waals surface area contributed by atoms with Gasteiger partial charge in [0.15, 0.2) is 5.76 Å². The molecule has 2 heterocycles. The summed E-state index contributed by atoms with van der Waals surface area (Å²) in [7, 11) is 1.61. The summed E-state index contributed by atoms with van der Waals surface area (Å²) in [5.74, 6) is 0.360. The number of carbonyl (C=O) groups excluding carboxylic acids is 1. The van der Waals surface area contributed by atoms with Crippen molar-refractivity contribution < 1.29 is 13.9 Å². The van der Waals surface area contributed by atoms with Crippen LogP contribution in [-0.4, -0.2) is 29.3 Å². The topological polar surface area (TPSA) is 69.3 Å². The van der Waals surface area contributed by atoms with Crippen molar-refractivity contribution in [1.29, 1.82) is 0 Å². The zero-order valence-electron chi connectivity index (χ0n) is 13.9. The number of nitrogens with one attached hydrogen (secondary N) is 1. The van der Waals surface area contributed by atoms with Gasteiger partial charge in [0.1, 0.15) is 5.58 Å². The Balaban J connectivity index is 1.70. The van der Waals surface area contributed by atoms with Crippen LogP contribution in [0.15, 0.2) is 47.1 Å². The van der Waals surface area contributed by atoms with Crippen LogP contribution in [0.5, 0.6) is 0 Å². The van der Waals surface area contributed by atoms with Crippen molar-refractivity contribution in [2.45, 2.75) is 20.1 Å². The summed E-state index contributed by atoms with van der Waals surface area (Å²) in [6.45, 7) is 3.69. The number of hydrogen-bond donors (Lipinski definition) is 1. The van der Waals surface area contributed by atoms with Crippen LogP contribution in [0.1, 0.15) is 23.0 Å². The second-order valence-corrected chi connectivity index (χ2v) is 5.88. The highest BCUT2D eigenvalue weighted by Gasteiger charge is 2.20. The first-order valence-corrected chi connectivity index (χ1v) is 7.94. The second-order valence-electron chi connectivity index (χ2n) is 5.88. The average Bonchev–Trinajstić information content (AvgIpc) is 3.21. The summed E-state index contributed by atoms with van der Waals surface area (Å²) >= 11 is 0. The van der Waals surface area contributed by atoms with Gasteiger partial charge in [-0.3, -0.25) is 9.48 Å². The summed E-state index contributed by atoms with van der Waals surface area (Å²) in [6, 6.07) is 9.48. The zero-order chi connectivity index (χ0) is 16.9. The predicted molar refractivity (Wildman–Crippen MR) is 90.7 cm³/mol. The summed E-state index contributed by atoms with van der Waals surface area (Å²) in [5.41, 5.74) is 1.48. The van der Waals surface area contributed by atoms with Crippen molar-refractivity contribution in [3.8, 4) is 0 Å². The van der Waals surface area contributed by atoms with Crippen molar-refractivity contribution in [1.82, 2.24) is 15.1 Å². The van der Waals surface area contributed by atoms with E-state index in [1.165, 1.54) is 0 Å². The Kier molecular flexibility index (Phi) is 4.96. The van der Waals surface area contributed by atoms with Crippen LogP contribution in [0.3, 0.4) is 0 Å². The molecular weight excluding hydrogens is 306 g/mol. The molecule has 0 aliphatic rings. The van der Waals surface area contributed by atoms with Crippen molar-refractivity contribution in [3.05, 3.63) is 54.0 Å². The zero-order valence-corrected chi connectivity index (χ0v) is 13.9. The molecule has 0 aliphatic heterocycles. The largest absolute Gasteiger partial charge is 0.451 e. The fraction of sp³-hybridized carbons (Fsp3) is 0.333. The highest BCUT2D eigenvalue weighted by atomic mass is 16.5. The van der Waals surface area contributed by atoms with Gasteiger partial charge in [0.05, 0.1) is 6.61 Å². The van der Waals surface area contributed by atoms with Crippen molar-refractivity contribution in [3.63, 3.8) is 0 Å². The lowest BCUT2D eigenvalue weighted by molar-refractivity contribution is 0.0914. The summed E-state index contributed by atoms with van der Waals surface area (Å²) in [4.78, 5) is 12.5. The van der Waals surface area contributed by atoms with E-state index in [1.807, 2.05) is 41.2 Å². The van der Waals surface area contributed by atoms with E-state index in [-0.39, 0.29) is 11.8 Å². The maximum atomic E-state index is 12.5. The number of methoxy groups -OCH3 is 1. The highest BCUT2D eigenvalue weighted by molar-refractivity contribution is 5.99. The van der Waals surface area contributed by atoms with Crippen molar-refractivity contribution >= 4 is 16.9 Å². The number of ether oxygens (including phenoxy) is 1. The van der Waals surface area contributed by atoms with E-state index in [2.05, 4.69) is 17.3 Å². The van der Waals surface area contributed by atoms with E-state index in [0.717, 1.165) is 17.5 Å². The molecule has 0 aliphatic carbocycles. The van der Waals surface area contributed by atoms with Gasteiger partial charge in [-0.2, -0.15) is 5.10 Å². The van der Waals surface area contributed by atoms with Gasteiger partial charge in [0.25, 0.3) is 5.91 Å². The van der Waals surface area contributed by atoms with Gasteiger partial charge in [-0.05, 0) is 18.1 Å². The molecule has 24 heavy (non-hydrogen) atoms. The summed E-state index contributed by atoms with van der Waals surface area (Å²) in [5, 5.41) is 8.03. The van der Waals surface area contributed by atoms with Gasteiger partial charge in [-0.25, -0.2) is 0 Å². The number of nitrogens with zero attached hydrogens (tertiary/aromatic N) is 2. The molecule has 1 N–H and O–H groups in total. The smallest absolute Gasteiger partial charge is 0.287 e. The summed E-state index contributed by atoms with van der Waals surface area (Å²) < 4.78 is 12.8. The van der Waals surface area contributed by atoms with Gasteiger partial charge in [0.2, 0.25) is 0 Å². The quantitative estimate of drug-likeness (QED) is 0.724. The molecule has 1 atom stereocenters. The Morgan fingerprint density at radius 1 is 1.38 bits per heavy atom. The SMILES string of the molecule is COCc1c(C(=O)NCC(C)Cn2cccn2)oc2ccccc12. The Bertz CT molecular complexity index is 808. The van der Waals surface area contributed by atoms with Crippen molar-refractivity contribution in [2.75, 3.05) is 13.7 Å². The van der Waals surface area contributed by atoms with Crippen LogP contribution in [0, 0.1) is 5.92 Å². The van der Waals surface area contributed by atoms with E-state index >= 15 is 0 Å². The van der Waals surface area contributed by atoms with E-state index in [0.29, 0.717) is 24.5 Å². The van der Waals surface area contributed by atoms with Gasteiger partial charge in [-0.15, -0.1) is 0 Å². The molecule has 3 rings (SSSR count). The first-order valence-electron chi connectivity index (χ1n) is 7.94. The fourth-order valence-corrected chi connectivity index (χ4v) is 2.71.